The molecule has 4 aromatic rings. The van der Waals surface area contributed by atoms with E-state index in [0.717, 1.165) is 32.8 Å². The molecule has 0 fully saturated rings. The van der Waals surface area contributed by atoms with Gasteiger partial charge in [-0.3, -0.25) is 4.79 Å². The molecule has 1 N–H and O–H groups in total. The molecule has 0 saturated carbocycles. The molecule has 4 rings (SSSR count). The number of pyridine rings is 1. The second-order valence-corrected chi connectivity index (χ2v) is 11.3. The molecule has 1 radical (unpaired) electrons. The van der Waals surface area contributed by atoms with E-state index in [-0.39, 0.29) is 42.9 Å². The van der Waals surface area contributed by atoms with E-state index >= 15 is 0 Å². The maximum Gasteiger partial charge on any atom is 0.164 e. The standard InChI is InChI=1S/C21H15FN.C11H20O2.Ir/c1-13-9-14(2)11-16(10-13)21-20-18(7-8-23-21)17-6-4-3-5-15(17)12-19(20)22;1-10(2,3)8(12)7-9(13)11(4,5)6;/h3-10,12H,1-2H3;7,12H,1-6H3;/q-1;;/b;8-7-;. The van der Waals surface area contributed by atoms with Crippen molar-refractivity contribution in [2.45, 2.75) is 55.4 Å². The molecule has 3 nitrogen and oxygen atoms in total. The Balaban J connectivity index is 0.000000299. The van der Waals surface area contributed by atoms with E-state index in [1.54, 1.807) is 12.3 Å². The summed E-state index contributed by atoms with van der Waals surface area (Å²) in [6.07, 6.45) is 3.08. The van der Waals surface area contributed by atoms with Crippen LogP contribution in [0.2, 0.25) is 0 Å². The molecule has 3 aromatic carbocycles. The van der Waals surface area contributed by atoms with E-state index < -0.39 is 5.41 Å². The number of aryl methyl sites for hydroxylation is 2. The third-order valence-electron chi connectivity index (χ3n) is 5.90. The molecular formula is C32H35FIrNO2-. The fraction of sp³-hybridized carbons (Fsp3) is 0.312. The summed E-state index contributed by atoms with van der Waals surface area (Å²) < 4.78 is 14.8. The number of ketones is 1. The first kappa shape index (κ1) is 30.3. The minimum absolute atomic E-state index is 0. The van der Waals surface area contributed by atoms with Gasteiger partial charge in [0.2, 0.25) is 0 Å². The Morgan fingerprint density at radius 2 is 1.59 bits per heavy atom. The Morgan fingerprint density at radius 3 is 2.19 bits per heavy atom. The number of aliphatic hydroxyl groups excluding tert-OH is 1. The summed E-state index contributed by atoms with van der Waals surface area (Å²) in [5.74, 6) is -0.137. The van der Waals surface area contributed by atoms with Gasteiger partial charge in [-0.1, -0.05) is 79.7 Å². The van der Waals surface area contributed by atoms with Gasteiger partial charge in [0.25, 0.3) is 0 Å². The number of halogens is 1. The Hall–Kier alpha value is -2.88. The number of benzene rings is 3. The molecule has 0 amide bonds. The van der Waals surface area contributed by atoms with Crippen molar-refractivity contribution >= 4 is 27.3 Å². The molecule has 37 heavy (non-hydrogen) atoms. The van der Waals surface area contributed by atoms with Gasteiger partial charge in [0.1, 0.15) is 11.6 Å². The van der Waals surface area contributed by atoms with Crippen molar-refractivity contribution < 1.29 is 34.4 Å². The first-order valence-corrected chi connectivity index (χ1v) is 12.1. The molecule has 1 heterocycles. The smallest absolute Gasteiger partial charge is 0.164 e. The van der Waals surface area contributed by atoms with Crippen LogP contribution in [0.3, 0.4) is 0 Å². The van der Waals surface area contributed by atoms with E-state index in [1.807, 2.05) is 91.8 Å². The van der Waals surface area contributed by atoms with Gasteiger partial charge in [0, 0.05) is 48.6 Å². The van der Waals surface area contributed by atoms with Gasteiger partial charge in [-0.05, 0) is 34.0 Å². The summed E-state index contributed by atoms with van der Waals surface area (Å²) in [5, 5.41) is 13.0. The number of fused-ring (bicyclic) bond motifs is 3. The number of hydrogen-bond donors (Lipinski definition) is 1. The minimum Gasteiger partial charge on any atom is -0.512 e. The van der Waals surface area contributed by atoms with Gasteiger partial charge in [-0.2, -0.15) is 0 Å². The molecule has 0 saturated heterocycles. The zero-order chi connectivity index (χ0) is 26.8. The van der Waals surface area contributed by atoms with E-state index in [1.165, 1.54) is 6.08 Å². The SMILES string of the molecule is CC(C)(C)C(=O)/C=C(\O)C(C)(C)C.Cc1[c-]c(-c2nccc3c2c(F)cc2ccccc23)cc(C)c1.[Ir]. The quantitative estimate of drug-likeness (QED) is 0.100. The van der Waals surface area contributed by atoms with Crippen LogP contribution in [0.25, 0.3) is 32.8 Å². The van der Waals surface area contributed by atoms with Crippen LogP contribution in [0.1, 0.15) is 52.7 Å². The number of hydrogen-bond acceptors (Lipinski definition) is 3. The van der Waals surface area contributed by atoms with Crippen molar-refractivity contribution in [1.82, 2.24) is 4.98 Å². The van der Waals surface area contributed by atoms with Gasteiger partial charge in [0.05, 0.1) is 0 Å². The largest absolute Gasteiger partial charge is 0.512 e. The van der Waals surface area contributed by atoms with Crippen LogP contribution >= 0.6 is 0 Å². The Kier molecular flexibility index (Phi) is 9.57. The van der Waals surface area contributed by atoms with Crippen molar-refractivity contribution in [3.05, 3.63) is 89.6 Å². The van der Waals surface area contributed by atoms with Gasteiger partial charge in [-0.25, -0.2) is 4.39 Å². The van der Waals surface area contributed by atoms with Gasteiger partial charge in [0.15, 0.2) is 5.78 Å². The maximum absolute atomic E-state index is 14.8. The predicted molar refractivity (Wildman–Crippen MR) is 148 cm³/mol. The number of rotatable bonds is 2. The molecular weight excluding hydrogens is 642 g/mol. The maximum atomic E-state index is 14.8. The minimum atomic E-state index is -0.417. The van der Waals surface area contributed by atoms with Crippen molar-refractivity contribution in [3.8, 4) is 11.3 Å². The summed E-state index contributed by atoms with van der Waals surface area (Å²) >= 11 is 0. The number of carbonyl (C=O) groups excluding carboxylic acids is 1. The van der Waals surface area contributed by atoms with Crippen LogP contribution in [0.15, 0.2) is 66.6 Å². The summed E-state index contributed by atoms with van der Waals surface area (Å²) in [4.78, 5) is 15.9. The van der Waals surface area contributed by atoms with Crippen LogP contribution in [-0.2, 0) is 24.9 Å². The van der Waals surface area contributed by atoms with Crippen molar-refractivity contribution in [1.29, 1.82) is 0 Å². The molecule has 0 bridgehead atoms. The fourth-order valence-electron chi connectivity index (χ4n) is 3.79. The van der Waals surface area contributed by atoms with Crippen molar-refractivity contribution in [2.24, 2.45) is 10.8 Å². The number of aliphatic hydroxyl groups is 1. The Morgan fingerprint density at radius 1 is 0.946 bits per heavy atom. The molecule has 0 aliphatic rings. The van der Waals surface area contributed by atoms with Crippen molar-refractivity contribution in [3.63, 3.8) is 0 Å². The Labute approximate surface area is 233 Å². The van der Waals surface area contributed by atoms with Gasteiger partial charge < -0.3 is 10.1 Å². The molecule has 0 spiro atoms. The average molecular weight is 677 g/mol. The topological polar surface area (TPSA) is 50.2 Å². The third-order valence-corrected chi connectivity index (χ3v) is 5.90. The number of aromatic nitrogens is 1. The Bertz CT molecular complexity index is 1440. The molecule has 197 valence electrons. The zero-order valence-corrected chi connectivity index (χ0v) is 25.2. The van der Waals surface area contributed by atoms with E-state index in [2.05, 4.69) is 17.1 Å². The van der Waals surface area contributed by atoms with Crippen LogP contribution in [0.5, 0.6) is 0 Å². The summed E-state index contributed by atoms with van der Waals surface area (Å²) in [5.41, 5.74) is 2.87. The average Bonchev–Trinajstić information content (AvgIpc) is 2.77. The van der Waals surface area contributed by atoms with Gasteiger partial charge in [-0.15, -0.1) is 34.9 Å². The normalized spacial score (nSPS) is 12.1. The van der Waals surface area contributed by atoms with E-state index in [0.29, 0.717) is 11.1 Å². The van der Waals surface area contributed by atoms with E-state index in [4.69, 9.17) is 0 Å². The summed E-state index contributed by atoms with van der Waals surface area (Å²) in [6.45, 7) is 15.1. The molecule has 0 unspecified atom stereocenters. The third kappa shape index (κ3) is 7.34. The zero-order valence-electron chi connectivity index (χ0n) is 22.8. The van der Waals surface area contributed by atoms with Gasteiger partial charge >= 0.3 is 0 Å². The van der Waals surface area contributed by atoms with Crippen LogP contribution in [0.4, 0.5) is 4.39 Å². The van der Waals surface area contributed by atoms with E-state index in [9.17, 15) is 14.3 Å². The fourth-order valence-corrected chi connectivity index (χ4v) is 3.79. The molecule has 0 aliphatic carbocycles. The first-order valence-electron chi connectivity index (χ1n) is 12.1. The second kappa shape index (κ2) is 11.7. The van der Waals surface area contributed by atoms with Crippen LogP contribution < -0.4 is 0 Å². The summed E-state index contributed by atoms with van der Waals surface area (Å²) in [6, 6.07) is 18.7. The molecule has 0 aliphatic heterocycles. The van der Waals surface area contributed by atoms with Crippen LogP contribution in [-0.4, -0.2) is 15.9 Å². The predicted octanol–water partition coefficient (Wildman–Crippen LogP) is 8.70. The first-order chi connectivity index (χ1) is 16.7. The number of carbonyl (C=O) groups is 1. The molecule has 5 heteroatoms. The van der Waals surface area contributed by atoms with Crippen LogP contribution in [0, 0.1) is 36.6 Å². The molecule has 0 atom stereocenters. The molecule has 1 aromatic heterocycles. The summed E-state index contributed by atoms with van der Waals surface area (Å²) in [7, 11) is 0. The number of nitrogens with zero attached hydrogens (tertiary/aromatic N) is 1. The number of allylic oxidation sites excluding steroid dienone is 2. The second-order valence-electron chi connectivity index (χ2n) is 11.3. The van der Waals surface area contributed by atoms with Crippen molar-refractivity contribution in [2.75, 3.05) is 0 Å². The monoisotopic (exact) mass is 677 g/mol.